The molecule has 3 N–H and O–H groups in total. The van der Waals surface area contributed by atoms with E-state index in [1.807, 2.05) is 0 Å². The Balaban J connectivity index is 2.27. The van der Waals surface area contributed by atoms with E-state index >= 15 is 0 Å². The Morgan fingerprint density at radius 2 is 2.00 bits per heavy atom. The number of carbonyl (C=O) groups is 2. The van der Waals surface area contributed by atoms with E-state index in [0.29, 0.717) is 39.0 Å². The minimum Gasteiger partial charge on any atom is -0.465 e. The predicted molar refractivity (Wildman–Crippen MR) is 52.6 cm³/mol. The number of amides is 2. The lowest BCUT2D eigenvalue weighted by Gasteiger charge is -2.46. The van der Waals surface area contributed by atoms with Crippen molar-refractivity contribution in [2.75, 3.05) is 26.2 Å². The SMILES string of the molecule is O=C(O)N1CCNC(=O)C12CCNCC2. The summed E-state index contributed by atoms with van der Waals surface area (Å²) in [6.07, 6.45) is 0.128. The smallest absolute Gasteiger partial charge is 0.408 e. The molecule has 15 heavy (non-hydrogen) atoms. The van der Waals surface area contributed by atoms with Crippen LogP contribution in [-0.2, 0) is 4.79 Å². The van der Waals surface area contributed by atoms with E-state index in [4.69, 9.17) is 5.11 Å². The second-order valence-electron chi connectivity index (χ2n) is 3.97. The first kappa shape index (κ1) is 10.2. The van der Waals surface area contributed by atoms with Crippen molar-refractivity contribution in [3.05, 3.63) is 0 Å². The molecule has 2 saturated heterocycles. The maximum absolute atomic E-state index is 11.8. The van der Waals surface area contributed by atoms with Crippen molar-refractivity contribution in [1.82, 2.24) is 15.5 Å². The van der Waals surface area contributed by atoms with Crippen LogP contribution in [0.3, 0.4) is 0 Å². The minimum absolute atomic E-state index is 0.141. The fraction of sp³-hybridized carbons (Fsp3) is 0.778. The van der Waals surface area contributed by atoms with Gasteiger partial charge in [-0.1, -0.05) is 0 Å². The largest absolute Gasteiger partial charge is 0.465 e. The normalized spacial score (nSPS) is 25.1. The number of hydrogen-bond donors (Lipinski definition) is 3. The van der Waals surface area contributed by atoms with Gasteiger partial charge in [0, 0.05) is 13.1 Å². The van der Waals surface area contributed by atoms with Gasteiger partial charge in [-0.25, -0.2) is 4.79 Å². The predicted octanol–water partition coefficient (Wildman–Crippen LogP) is -0.782. The Hall–Kier alpha value is -1.30. The van der Waals surface area contributed by atoms with Gasteiger partial charge < -0.3 is 15.7 Å². The summed E-state index contributed by atoms with van der Waals surface area (Å²) < 4.78 is 0. The number of carboxylic acid groups (broad SMARTS) is 1. The molecule has 0 unspecified atom stereocenters. The molecule has 0 radical (unpaired) electrons. The molecule has 2 rings (SSSR count). The van der Waals surface area contributed by atoms with Crippen molar-refractivity contribution >= 4 is 12.0 Å². The number of hydrogen-bond acceptors (Lipinski definition) is 3. The summed E-state index contributed by atoms with van der Waals surface area (Å²) in [5.41, 5.74) is -0.824. The molecule has 2 fully saturated rings. The Bertz CT molecular complexity index is 286. The molecule has 2 amide bonds. The molecule has 84 valence electrons. The lowest BCUT2D eigenvalue weighted by molar-refractivity contribution is -0.137. The van der Waals surface area contributed by atoms with Crippen LogP contribution >= 0.6 is 0 Å². The van der Waals surface area contributed by atoms with E-state index in [1.165, 1.54) is 4.90 Å². The average Bonchev–Trinajstić information content (AvgIpc) is 2.23. The van der Waals surface area contributed by atoms with Crippen LogP contribution in [0.5, 0.6) is 0 Å². The van der Waals surface area contributed by atoms with Crippen molar-refractivity contribution in [3.63, 3.8) is 0 Å². The first-order valence-corrected chi connectivity index (χ1v) is 5.16. The van der Waals surface area contributed by atoms with E-state index < -0.39 is 11.6 Å². The van der Waals surface area contributed by atoms with Gasteiger partial charge >= 0.3 is 6.09 Å². The summed E-state index contributed by atoms with van der Waals surface area (Å²) in [5, 5.41) is 15.0. The fourth-order valence-corrected chi connectivity index (χ4v) is 2.40. The third-order valence-corrected chi connectivity index (χ3v) is 3.22. The zero-order valence-electron chi connectivity index (χ0n) is 8.45. The molecular formula is C9H15N3O3. The number of piperidine rings is 1. The quantitative estimate of drug-likeness (QED) is 0.493. The highest BCUT2D eigenvalue weighted by Crippen LogP contribution is 2.28. The second-order valence-corrected chi connectivity index (χ2v) is 3.97. The molecule has 0 aromatic rings. The van der Waals surface area contributed by atoms with Crippen LogP contribution in [0.2, 0.25) is 0 Å². The number of nitrogens with one attached hydrogen (secondary N) is 2. The summed E-state index contributed by atoms with van der Waals surface area (Å²) in [5.74, 6) is -0.141. The number of rotatable bonds is 0. The standard InChI is InChI=1S/C9H15N3O3/c13-7-9(1-3-10-4-2-9)12(8(14)15)6-5-11-7/h10H,1-6H2,(H,11,13)(H,14,15). The Morgan fingerprint density at radius 3 is 2.60 bits per heavy atom. The molecule has 1 spiro atoms. The molecule has 0 atom stereocenters. The van der Waals surface area contributed by atoms with Crippen LogP contribution in [0.25, 0.3) is 0 Å². The average molecular weight is 213 g/mol. The summed E-state index contributed by atoms with van der Waals surface area (Å²) in [4.78, 5) is 24.2. The Morgan fingerprint density at radius 1 is 1.33 bits per heavy atom. The molecule has 2 heterocycles. The number of piperazine rings is 1. The van der Waals surface area contributed by atoms with Crippen LogP contribution in [0.15, 0.2) is 0 Å². The minimum atomic E-state index is -0.994. The lowest BCUT2D eigenvalue weighted by Crippen LogP contribution is -2.68. The Kier molecular flexibility index (Phi) is 2.52. The Labute approximate surface area is 87.6 Å². The van der Waals surface area contributed by atoms with Crippen LogP contribution < -0.4 is 10.6 Å². The third kappa shape index (κ3) is 1.54. The van der Waals surface area contributed by atoms with Gasteiger partial charge in [-0.3, -0.25) is 9.69 Å². The van der Waals surface area contributed by atoms with E-state index in [1.54, 1.807) is 0 Å². The number of carbonyl (C=O) groups excluding carboxylic acids is 1. The van der Waals surface area contributed by atoms with E-state index in [-0.39, 0.29) is 5.91 Å². The van der Waals surface area contributed by atoms with Gasteiger partial charge in [-0.05, 0) is 25.9 Å². The summed E-state index contributed by atoms with van der Waals surface area (Å²) in [6.45, 7) is 2.19. The highest BCUT2D eigenvalue weighted by molar-refractivity contribution is 5.90. The summed E-state index contributed by atoms with van der Waals surface area (Å²) in [7, 11) is 0. The molecule has 2 aliphatic rings. The van der Waals surface area contributed by atoms with Gasteiger partial charge in [0.1, 0.15) is 5.54 Å². The van der Waals surface area contributed by atoms with Crippen molar-refractivity contribution in [1.29, 1.82) is 0 Å². The zero-order chi connectivity index (χ0) is 10.9. The van der Waals surface area contributed by atoms with Crippen LogP contribution in [0.4, 0.5) is 4.79 Å². The second kappa shape index (κ2) is 3.69. The van der Waals surface area contributed by atoms with Crippen molar-refractivity contribution in [2.45, 2.75) is 18.4 Å². The summed E-state index contributed by atoms with van der Waals surface area (Å²) >= 11 is 0. The van der Waals surface area contributed by atoms with Gasteiger partial charge in [-0.15, -0.1) is 0 Å². The van der Waals surface area contributed by atoms with Crippen LogP contribution in [-0.4, -0.2) is 53.7 Å². The van der Waals surface area contributed by atoms with Crippen LogP contribution in [0.1, 0.15) is 12.8 Å². The highest BCUT2D eigenvalue weighted by atomic mass is 16.4. The molecule has 0 aromatic heterocycles. The zero-order valence-corrected chi connectivity index (χ0v) is 8.45. The van der Waals surface area contributed by atoms with Gasteiger partial charge in [-0.2, -0.15) is 0 Å². The van der Waals surface area contributed by atoms with Gasteiger partial charge in [0.15, 0.2) is 0 Å². The topological polar surface area (TPSA) is 81.7 Å². The molecule has 0 saturated carbocycles. The van der Waals surface area contributed by atoms with Crippen LogP contribution in [0, 0.1) is 0 Å². The fourth-order valence-electron chi connectivity index (χ4n) is 2.40. The first-order chi connectivity index (χ1) is 7.17. The van der Waals surface area contributed by atoms with Gasteiger partial charge in [0.05, 0.1) is 0 Å². The molecule has 0 bridgehead atoms. The maximum atomic E-state index is 11.8. The van der Waals surface area contributed by atoms with Crippen molar-refractivity contribution in [3.8, 4) is 0 Å². The third-order valence-electron chi connectivity index (χ3n) is 3.22. The number of nitrogens with zero attached hydrogens (tertiary/aromatic N) is 1. The summed E-state index contributed by atoms with van der Waals surface area (Å²) in [6, 6.07) is 0. The monoisotopic (exact) mass is 213 g/mol. The van der Waals surface area contributed by atoms with E-state index in [2.05, 4.69) is 10.6 Å². The molecule has 6 heteroatoms. The molecule has 6 nitrogen and oxygen atoms in total. The molecule has 0 aromatic carbocycles. The molecule has 2 aliphatic heterocycles. The van der Waals surface area contributed by atoms with Crippen molar-refractivity contribution < 1.29 is 14.7 Å². The lowest BCUT2D eigenvalue weighted by atomic mass is 9.84. The highest BCUT2D eigenvalue weighted by Gasteiger charge is 2.49. The van der Waals surface area contributed by atoms with E-state index in [9.17, 15) is 9.59 Å². The maximum Gasteiger partial charge on any atom is 0.408 e. The molecule has 0 aliphatic carbocycles. The first-order valence-electron chi connectivity index (χ1n) is 5.16. The van der Waals surface area contributed by atoms with Gasteiger partial charge in [0.2, 0.25) is 5.91 Å². The van der Waals surface area contributed by atoms with Crippen molar-refractivity contribution in [2.24, 2.45) is 0 Å². The van der Waals surface area contributed by atoms with E-state index in [0.717, 1.165) is 0 Å². The van der Waals surface area contributed by atoms with Gasteiger partial charge in [0.25, 0.3) is 0 Å². The molecular weight excluding hydrogens is 198 g/mol.